The molecule has 1 nitrogen and oxygen atoms in total. The highest BCUT2D eigenvalue weighted by Gasteiger charge is 2.54. The van der Waals surface area contributed by atoms with Crippen LogP contribution in [0.3, 0.4) is 0 Å². The van der Waals surface area contributed by atoms with Crippen LogP contribution in [0.5, 0.6) is 0 Å². The highest BCUT2D eigenvalue weighted by Crippen LogP contribution is 2.65. The zero-order chi connectivity index (χ0) is 21.5. The minimum atomic E-state index is 0.301. The van der Waals surface area contributed by atoms with Gasteiger partial charge >= 0.3 is 0 Å². The monoisotopic (exact) mass is 412 g/mol. The third-order valence-corrected chi connectivity index (χ3v) is 10.8. The van der Waals surface area contributed by atoms with Crippen molar-refractivity contribution in [3.63, 3.8) is 0 Å². The van der Waals surface area contributed by atoms with Crippen molar-refractivity contribution in [2.45, 2.75) is 105 Å². The highest BCUT2D eigenvalue weighted by molar-refractivity contribution is 5.35. The Morgan fingerprint density at radius 3 is 2.53 bits per heavy atom. The molecular weight excluding hydrogens is 364 g/mol. The number of hydrogen-bond acceptors (Lipinski definition) is 1. The van der Waals surface area contributed by atoms with E-state index in [4.69, 9.17) is 0 Å². The number of fused-ring (bicyclic) bond motifs is 4. The first-order chi connectivity index (χ1) is 14.3. The molecule has 4 rings (SSSR count). The van der Waals surface area contributed by atoms with Crippen molar-refractivity contribution < 1.29 is 5.11 Å². The van der Waals surface area contributed by atoms with E-state index in [0.29, 0.717) is 35.2 Å². The summed E-state index contributed by atoms with van der Waals surface area (Å²) in [6, 6.07) is 0. The van der Waals surface area contributed by atoms with Gasteiger partial charge in [-0.05, 0) is 104 Å². The van der Waals surface area contributed by atoms with Crippen LogP contribution in [-0.4, -0.2) is 11.7 Å². The zero-order valence-corrected chi connectivity index (χ0v) is 20.6. The Hall–Kier alpha value is -0.560. The molecule has 0 aliphatic heterocycles. The maximum absolute atomic E-state index is 9.58. The molecule has 0 saturated heterocycles. The van der Waals surface area contributed by atoms with E-state index < -0.39 is 0 Å². The number of allylic oxidation sites excluding steroid dienone is 4. The molecule has 0 aromatic heterocycles. The molecule has 0 spiro atoms. The number of aliphatic hydroxyl groups excluding tert-OH is 1. The van der Waals surface area contributed by atoms with E-state index in [9.17, 15) is 5.11 Å². The van der Waals surface area contributed by atoms with Crippen molar-refractivity contribution in [2.75, 3.05) is 6.61 Å². The van der Waals surface area contributed by atoms with E-state index in [1.165, 1.54) is 64.2 Å². The van der Waals surface area contributed by atoms with Gasteiger partial charge in [0.05, 0.1) is 0 Å². The third-order valence-electron chi connectivity index (χ3n) is 10.8. The lowest BCUT2D eigenvalue weighted by atomic mass is 9.49. The molecule has 30 heavy (non-hydrogen) atoms. The molecular formula is C29H48O. The molecule has 0 heterocycles. The second-order valence-electron chi connectivity index (χ2n) is 12.1. The van der Waals surface area contributed by atoms with Crippen LogP contribution in [0.4, 0.5) is 0 Å². The second kappa shape index (κ2) is 8.76. The Labute approximate surface area is 186 Å². The molecule has 3 fully saturated rings. The first kappa shape index (κ1) is 22.6. The molecule has 0 radical (unpaired) electrons. The third kappa shape index (κ3) is 3.66. The van der Waals surface area contributed by atoms with Crippen LogP contribution in [0, 0.1) is 46.3 Å². The molecule has 3 unspecified atom stereocenters. The standard InChI is InChI=1S/C29H48O/c1-6-22(21(3)19-30)11-10-20(2)25-14-15-26-24-13-12-23-9-7-8-17-28(23,4)27(24)16-18-29(25,26)5/h10-11,20-23,25,27,30H,6-9,12-19H2,1-5H3/t20-,21?,22?,23?,25-,27+,28+,29-/m1/s1. The summed E-state index contributed by atoms with van der Waals surface area (Å²) in [5.74, 6) is 4.24. The van der Waals surface area contributed by atoms with E-state index in [2.05, 4.69) is 46.8 Å². The predicted octanol–water partition coefficient (Wildman–Crippen LogP) is 7.95. The van der Waals surface area contributed by atoms with E-state index in [1.807, 2.05) is 11.1 Å². The number of aliphatic hydroxyl groups is 1. The minimum Gasteiger partial charge on any atom is -0.396 e. The van der Waals surface area contributed by atoms with Crippen LogP contribution in [-0.2, 0) is 0 Å². The van der Waals surface area contributed by atoms with E-state index in [0.717, 1.165) is 24.2 Å². The van der Waals surface area contributed by atoms with Crippen LogP contribution >= 0.6 is 0 Å². The van der Waals surface area contributed by atoms with Gasteiger partial charge in [-0.2, -0.15) is 0 Å². The summed E-state index contributed by atoms with van der Waals surface area (Å²) in [6.45, 7) is 12.5. The molecule has 8 atom stereocenters. The van der Waals surface area contributed by atoms with Crippen molar-refractivity contribution in [3.8, 4) is 0 Å². The molecule has 0 bridgehead atoms. The fourth-order valence-electron chi connectivity index (χ4n) is 8.72. The normalized spacial score (nSPS) is 41.9. The molecule has 0 amide bonds. The lowest BCUT2D eigenvalue weighted by molar-refractivity contribution is 0.0106. The van der Waals surface area contributed by atoms with Gasteiger partial charge in [0.25, 0.3) is 0 Å². The van der Waals surface area contributed by atoms with Gasteiger partial charge in [0.15, 0.2) is 0 Å². The van der Waals surface area contributed by atoms with Gasteiger partial charge in [0, 0.05) is 6.61 Å². The first-order valence-corrected chi connectivity index (χ1v) is 13.4. The average molecular weight is 413 g/mol. The molecule has 170 valence electrons. The van der Waals surface area contributed by atoms with Crippen molar-refractivity contribution in [2.24, 2.45) is 46.3 Å². The van der Waals surface area contributed by atoms with Gasteiger partial charge in [0.2, 0.25) is 0 Å². The fourth-order valence-corrected chi connectivity index (χ4v) is 8.72. The first-order valence-electron chi connectivity index (χ1n) is 13.4. The Bertz CT molecular complexity index is 674. The Morgan fingerprint density at radius 2 is 1.80 bits per heavy atom. The van der Waals surface area contributed by atoms with Gasteiger partial charge in [-0.3, -0.25) is 0 Å². The molecule has 1 heteroatoms. The van der Waals surface area contributed by atoms with Gasteiger partial charge < -0.3 is 5.11 Å². The fraction of sp³-hybridized carbons (Fsp3) is 0.862. The topological polar surface area (TPSA) is 20.2 Å². The summed E-state index contributed by atoms with van der Waals surface area (Å²) >= 11 is 0. The SMILES string of the molecule is CCC(C=C[C@@H](C)[C@H]1CCC2=C3CCC4CCCC[C@]4(C)[C@H]3CC[C@@]21C)C(C)CO. The largest absolute Gasteiger partial charge is 0.396 e. The van der Waals surface area contributed by atoms with Crippen LogP contribution < -0.4 is 0 Å². The summed E-state index contributed by atoms with van der Waals surface area (Å²) in [5, 5.41) is 9.58. The lowest BCUT2D eigenvalue weighted by Crippen LogP contribution is -2.46. The Morgan fingerprint density at radius 1 is 1.00 bits per heavy atom. The van der Waals surface area contributed by atoms with Gasteiger partial charge in [-0.25, -0.2) is 0 Å². The smallest absolute Gasteiger partial charge is 0.0462 e. The maximum Gasteiger partial charge on any atom is 0.0462 e. The molecule has 4 aliphatic carbocycles. The van der Waals surface area contributed by atoms with Crippen LogP contribution in [0.25, 0.3) is 0 Å². The molecule has 3 saturated carbocycles. The summed E-state index contributed by atoms with van der Waals surface area (Å²) in [5.41, 5.74) is 4.92. The van der Waals surface area contributed by atoms with E-state index in [1.54, 1.807) is 0 Å². The summed E-state index contributed by atoms with van der Waals surface area (Å²) < 4.78 is 0. The predicted molar refractivity (Wildman–Crippen MR) is 128 cm³/mol. The Kier molecular flexibility index (Phi) is 6.61. The second-order valence-corrected chi connectivity index (χ2v) is 12.1. The molecule has 0 aromatic rings. The van der Waals surface area contributed by atoms with Crippen molar-refractivity contribution in [1.82, 2.24) is 0 Å². The maximum atomic E-state index is 9.58. The highest BCUT2D eigenvalue weighted by atomic mass is 16.3. The van der Waals surface area contributed by atoms with Crippen molar-refractivity contribution in [1.29, 1.82) is 0 Å². The molecule has 1 N–H and O–H groups in total. The zero-order valence-electron chi connectivity index (χ0n) is 20.6. The van der Waals surface area contributed by atoms with Crippen molar-refractivity contribution >= 4 is 0 Å². The van der Waals surface area contributed by atoms with Gasteiger partial charge in [0.1, 0.15) is 0 Å². The van der Waals surface area contributed by atoms with Crippen LogP contribution in [0.2, 0.25) is 0 Å². The molecule has 0 aromatic carbocycles. The summed E-state index contributed by atoms with van der Waals surface area (Å²) in [7, 11) is 0. The van der Waals surface area contributed by atoms with Crippen LogP contribution in [0.1, 0.15) is 105 Å². The minimum absolute atomic E-state index is 0.301. The van der Waals surface area contributed by atoms with Gasteiger partial charge in [-0.15, -0.1) is 0 Å². The van der Waals surface area contributed by atoms with E-state index >= 15 is 0 Å². The van der Waals surface area contributed by atoms with E-state index in [-0.39, 0.29) is 0 Å². The number of rotatable bonds is 6. The summed E-state index contributed by atoms with van der Waals surface area (Å²) in [4.78, 5) is 0. The van der Waals surface area contributed by atoms with Crippen molar-refractivity contribution in [3.05, 3.63) is 23.3 Å². The number of hydrogen-bond donors (Lipinski definition) is 1. The average Bonchev–Trinajstić information content (AvgIpc) is 3.10. The quantitative estimate of drug-likeness (QED) is 0.439. The lowest BCUT2D eigenvalue weighted by Gasteiger charge is -2.56. The van der Waals surface area contributed by atoms with Gasteiger partial charge in [-0.1, -0.05) is 70.8 Å². The van der Waals surface area contributed by atoms with Crippen LogP contribution in [0.15, 0.2) is 23.3 Å². The molecule has 4 aliphatic rings. The Balaban J connectivity index is 1.55. The summed E-state index contributed by atoms with van der Waals surface area (Å²) in [6.07, 6.45) is 20.6.